The van der Waals surface area contributed by atoms with Crippen molar-refractivity contribution in [2.24, 2.45) is 0 Å². The molecule has 0 atom stereocenters. The van der Waals surface area contributed by atoms with Crippen LogP contribution in [-0.2, 0) is 6.54 Å². The van der Waals surface area contributed by atoms with E-state index >= 15 is 0 Å². The maximum absolute atomic E-state index is 13.5. The molecule has 0 radical (unpaired) electrons. The number of hydrogen-bond donors (Lipinski definition) is 1. The molecule has 2 rings (SSSR count). The SMILES string of the molecule is CCCNCc1cccnc1Oc1ccc(Br)c(F)c1. The Balaban J connectivity index is 2.13. The van der Waals surface area contributed by atoms with Crippen LogP contribution in [-0.4, -0.2) is 11.5 Å². The van der Waals surface area contributed by atoms with Gasteiger partial charge in [-0.25, -0.2) is 9.37 Å². The van der Waals surface area contributed by atoms with Gasteiger partial charge < -0.3 is 10.1 Å². The second-order valence-electron chi connectivity index (χ2n) is 4.32. The lowest BCUT2D eigenvalue weighted by Gasteiger charge is -2.10. The predicted molar refractivity (Wildman–Crippen MR) is 80.4 cm³/mol. The summed E-state index contributed by atoms with van der Waals surface area (Å²) in [5.41, 5.74) is 0.948. The van der Waals surface area contributed by atoms with Crippen molar-refractivity contribution in [2.45, 2.75) is 19.9 Å². The molecule has 1 heterocycles. The highest BCUT2D eigenvalue weighted by molar-refractivity contribution is 9.10. The average Bonchev–Trinajstić information content (AvgIpc) is 2.45. The Morgan fingerprint density at radius 1 is 1.35 bits per heavy atom. The summed E-state index contributed by atoms with van der Waals surface area (Å²) < 4.78 is 19.5. The lowest BCUT2D eigenvalue weighted by Crippen LogP contribution is -2.14. The highest BCUT2D eigenvalue weighted by Gasteiger charge is 2.07. The number of ether oxygens (including phenoxy) is 1. The number of hydrogen-bond acceptors (Lipinski definition) is 3. The van der Waals surface area contributed by atoms with Crippen molar-refractivity contribution in [3.8, 4) is 11.6 Å². The largest absolute Gasteiger partial charge is 0.439 e. The fourth-order valence-electron chi connectivity index (χ4n) is 1.70. The zero-order valence-electron chi connectivity index (χ0n) is 11.2. The van der Waals surface area contributed by atoms with Gasteiger partial charge in [0.05, 0.1) is 4.47 Å². The molecule has 0 aliphatic carbocycles. The molecule has 0 fully saturated rings. The molecule has 0 amide bonds. The van der Waals surface area contributed by atoms with E-state index in [2.05, 4.69) is 33.2 Å². The second kappa shape index (κ2) is 7.36. The fraction of sp³-hybridized carbons (Fsp3) is 0.267. The van der Waals surface area contributed by atoms with Gasteiger partial charge in [-0.05, 0) is 47.1 Å². The number of rotatable bonds is 6. The van der Waals surface area contributed by atoms with Crippen LogP contribution < -0.4 is 10.1 Å². The van der Waals surface area contributed by atoms with Gasteiger partial charge in [0.15, 0.2) is 0 Å². The lowest BCUT2D eigenvalue weighted by atomic mass is 10.2. The van der Waals surface area contributed by atoms with Crippen LogP contribution in [0.5, 0.6) is 11.6 Å². The molecule has 0 saturated carbocycles. The molecule has 3 nitrogen and oxygen atoms in total. The van der Waals surface area contributed by atoms with E-state index in [0.717, 1.165) is 18.5 Å². The molecule has 0 saturated heterocycles. The first-order chi connectivity index (χ1) is 9.70. The van der Waals surface area contributed by atoms with E-state index < -0.39 is 0 Å². The summed E-state index contributed by atoms with van der Waals surface area (Å²) in [6.45, 7) is 3.72. The third-order valence-corrected chi connectivity index (χ3v) is 3.34. The quantitative estimate of drug-likeness (QED) is 0.798. The van der Waals surface area contributed by atoms with Crippen LogP contribution in [0.2, 0.25) is 0 Å². The Bertz CT molecular complexity index is 578. The van der Waals surface area contributed by atoms with Gasteiger partial charge in [0.1, 0.15) is 11.6 Å². The minimum absolute atomic E-state index is 0.357. The maximum Gasteiger partial charge on any atom is 0.223 e. The van der Waals surface area contributed by atoms with Crippen LogP contribution >= 0.6 is 15.9 Å². The molecule has 0 bridgehead atoms. The smallest absolute Gasteiger partial charge is 0.223 e. The van der Waals surface area contributed by atoms with Crippen molar-refractivity contribution in [3.63, 3.8) is 0 Å². The standard InChI is InChI=1S/C15H16BrFN2O/c1-2-7-18-10-11-4-3-8-19-15(11)20-12-5-6-13(16)14(17)9-12/h3-6,8-9,18H,2,7,10H2,1H3. The van der Waals surface area contributed by atoms with Gasteiger partial charge in [-0.3, -0.25) is 0 Å². The minimum Gasteiger partial charge on any atom is -0.439 e. The lowest BCUT2D eigenvalue weighted by molar-refractivity contribution is 0.448. The average molecular weight is 339 g/mol. The highest BCUT2D eigenvalue weighted by Crippen LogP contribution is 2.26. The number of nitrogens with zero attached hydrogens (tertiary/aromatic N) is 1. The Labute approximate surface area is 126 Å². The van der Waals surface area contributed by atoms with Crippen molar-refractivity contribution in [3.05, 3.63) is 52.4 Å². The number of benzene rings is 1. The van der Waals surface area contributed by atoms with E-state index in [9.17, 15) is 4.39 Å². The molecule has 0 spiro atoms. The maximum atomic E-state index is 13.5. The predicted octanol–water partition coefficient (Wildman–Crippen LogP) is 4.28. The molecule has 2 aromatic rings. The Morgan fingerprint density at radius 3 is 2.95 bits per heavy atom. The molecule has 1 aromatic carbocycles. The first-order valence-corrected chi connectivity index (χ1v) is 7.27. The van der Waals surface area contributed by atoms with Gasteiger partial charge in [0, 0.05) is 24.4 Å². The minimum atomic E-state index is -0.357. The first-order valence-electron chi connectivity index (χ1n) is 6.48. The second-order valence-corrected chi connectivity index (χ2v) is 5.18. The van der Waals surface area contributed by atoms with Crippen LogP contribution in [0.15, 0.2) is 41.0 Å². The van der Waals surface area contributed by atoms with Crippen LogP contribution in [0.4, 0.5) is 4.39 Å². The van der Waals surface area contributed by atoms with Gasteiger partial charge in [0.25, 0.3) is 0 Å². The van der Waals surface area contributed by atoms with Gasteiger partial charge >= 0.3 is 0 Å². The van der Waals surface area contributed by atoms with E-state index in [-0.39, 0.29) is 5.82 Å². The molecular weight excluding hydrogens is 323 g/mol. The zero-order valence-corrected chi connectivity index (χ0v) is 12.8. The molecular formula is C15H16BrFN2O. The zero-order chi connectivity index (χ0) is 14.4. The molecule has 5 heteroatoms. The van der Waals surface area contributed by atoms with Crippen LogP contribution in [0.25, 0.3) is 0 Å². The van der Waals surface area contributed by atoms with Crippen LogP contribution in [0.3, 0.4) is 0 Å². The van der Waals surface area contributed by atoms with Crippen molar-refractivity contribution in [1.82, 2.24) is 10.3 Å². The number of nitrogens with one attached hydrogen (secondary N) is 1. The molecule has 1 aromatic heterocycles. The van der Waals surface area contributed by atoms with Crippen LogP contribution in [0.1, 0.15) is 18.9 Å². The van der Waals surface area contributed by atoms with Gasteiger partial charge in [-0.1, -0.05) is 13.0 Å². The highest BCUT2D eigenvalue weighted by atomic mass is 79.9. The third-order valence-electron chi connectivity index (χ3n) is 2.70. The molecule has 20 heavy (non-hydrogen) atoms. The summed E-state index contributed by atoms with van der Waals surface area (Å²) in [6, 6.07) is 8.45. The van der Waals surface area contributed by atoms with Gasteiger partial charge in [-0.2, -0.15) is 0 Å². The van der Waals surface area contributed by atoms with E-state index in [1.807, 2.05) is 12.1 Å². The summed E-state index contributed by atoms with van der Waals surface area (Å²) in [7, 11) is 0. The monoisotopic (exact) mass is 338 g/mol. The topological polar surface area (TPSA) is 34.2 Å². The summed E-state index contributed by atoms with van der Waals surface area (Å²) >= 11 is 3.12. The third kappa shape index (κ3) is 4.02. The van der Waals surface area contributed by atoms with Crippen molar-refractivity contribution >= 4 is 15.9 Å². The Kier molecular flexibility index (Phi) is 5.49. The molecule has 0 unspecified atom stereocenters. The van der Waals surface area contributed by atoms with E-state index in [1.54, 1.807) is 18.3 Å². The summed E-state index contributed by atoms with van der Waals surface area (Å²) in [4.78, 5) is 4.21. The van der Waals surface area contributed by atoms with Crippen molar-refractivity contribution < 1.29 is 9.13 Å². The van der Waals surface area contributed by atoms with Crippen molar-refractivity contribution in [1.29, 1.82) is 0 Å². The molecule has 0 aliphatic rings. The number of aromatic nitrogens is 1. The normalized spacial score (nSPS) is 10.6. The summed E-state index contributed by atoms with van der Waals surface area (Å²) in [6.07, 6.45) is 2.72. The van der Waals surface area contributed by atoms with E-state index in [4.69, 9.17) is 4.74 Å². The Hall–Kier alpha value is -1.46. The molecule has 0 aliphatic heterocycles. The van der Waals surface area contributed by atoms with E-state index in [0.29, 0.717) is 22.6 Å². The summed E-state index contributed by atoms with van der Waals surface area (Å²) in [5.74, 6) is 0.572. The number of halogens is 2. The fourth-order valence-corrected chi connectivity index (χ4v) is 1.95. The molecule has 106 valence electrons. The molecule has 1 N–H and O–H groups in total. The van der Waals surface area contributed by atoms with Crippen LogP contribution in [0, 0.1) is 5.82 Å². The van der Waals surface area contributed by atoms with Gasteiger partial charge in [0.2, 0.25) is 5.88 Å². The van der Waals surface area contributed by atoms with Crippen molar-refractivity contribution in [2.75, 3.05) is 6.54 Å². The first kappa shape index (κ1) is 14.9. The summed E-state index contributed by atoms with van der Waals surface area (Å²) in [5, 5.41) is 3.30. The van der Waals surface area contributed by atoms with E-state index in [1.165, 1.54) is 6.07 Å². The number of pyridine rings is 1. The van der Waals surface area contributed by atoms with Gasteiger partial charge in [-0.15, -0.1) is 0 Å². The Morgan fingerprint density at radius 2 is 2.20 bits per heavy atom.